The number of nitrogens with two attached hydrogens (primary N) is 1. The van der Waals surface area contributed by atoms with Gasteiger partial charge in [-0.05, 0) is 12.5 Å². The van der Waals surface area contributed by atoms with Crippen LogP contribution in [0.5, 0.6) is 0 Å². The molecule has 0 radical (unpaired) electrons. The average molecular weight is 171 g/mol. The first-order valence-electron chi connectivity index (χ1n) is 4.77. The van der Waals surface area contributed by atoms with Crippen LogP contribution in [0.25, 0.3) is 0 Å². The zero-order valence-electron chi connectivity index (χ0n) is 8.96. The average Bonchev–Trinajstić information content (AvgIpc) is 2.03. The summed E-state index contributed by atoms with van der Waals surface area (Å²) in [5.41, 5.74) is 8.33. The molecule has 1 rings (SSSR count). The summed E-state index contributed by atoms with van der Waals surface area (Å²) in [6.07, 6.45) is 0. The van der Waals surface area contributed by atoms with Crippen molar-refractivity contribution in [1.82, 2.24) is 0 Å². The van der Waals surface area contributed by atoms with Crippen molar-refractivity contribution in [2.24, 2.45) is 5.73 Å². The summed E-state index contributed by atoms with van der Waals surface area (Å²) in [5, 5.41) is 0.233. The van der Waals surface area contributed by atoms with Crippen LogP contribution in [-0.4, -0.2) is 23.5 Å². The summed E-state index contributed by atoms with van der Waals surface area (Å²) in [6.45, 7) is 2.01. The van der Waals surface area contributed by atoms with E-state index in [1.165, 1.54) is 11.1 Å². The van der Waals surface area contributed by atoms with Crippen molar-refractivity contribution in [1.29, 1.82) is 0 Å². The predicted molar refractivity (Wildman–Crippen MR) is 66.4 cm³/mol. The van der Waals surface area contributed by atoms with E-state index in [0.717, 1.165) is 0 Å². The van der Waals surface area contributed by atoms with Crippen LogP contribution in [0.3, 0.4) is 0 Å². The molecule has 0 amide bonds. The molecule has 0 bridgehead atoms. The molecular formula is C9H16B3N. The van der Waals surface area contributed by atoms with Crippen molar-refractivity contribution in [3.05, 3.63) is 35.4 Å². The van der Waals surface area contributed by atoms with Gasteiger partial charge in [0.05, 0.1) is 23.5 Å². The second kappa shape index (κ2) is 3.63. The minimum atomic E-state index is 0.133. The maximum absolute atomic E-state index is 5.77. The molecule has 0 aliphatic heterocycles. The van der Waals surface area contributed by atoms with E-state index in [1.807, 2.05) is 6.92 Å². The highest BCUT2D eigenvalue weighted by molar-refractivity contribution is 6.58. The first-order valence-corrected chi connectivity index (χ1v) is 4.77. The highest BCUT2D eigenvalue weighted by Gasteiger charge is 2.13. The van der Waals surface area contributed by atoms with E-state index in [-0.39, 0.29) is 11.2 Å². The Bertz CT molecular complexity index is 274. The molecule has 0 aliphatic carbocycles. The molecule has 0 aromatic heterocycles. The Labute approximate surface area is 83.3 Å². The Morgan fingerprint density at radius 2 is 1.62 bits per heavy atom. The maximum atomic E-state index is 5.77. The Hall–Kier alpha value is -0.625. The SMILES string of the molecule is BC(B)(B)c1ccc([C@H](C)N)cc1. The third kappa shape index (κ3) is 2.66. The van der Waals surface area contributed by atoms with E-state index < -0.39 is 0 Å². The number of hydrogen-bond donors (Lipinski definition) is 1. The molecule has 0 saturated heterocycles. The minimum Gasteiger partial charge on any atom is -0.324 e. The first-order chi connectivity index (χ1) is 5.91. The van der Waals surface area contributed by atoms with Gasteiger partial charge in [-0.15, -0.1) is 0 Å². The molecule has 0 heterocycles. The van der Waals surface area contributed by atoms with Crippen LogP contribution in [0.2, 0.25) is 0 Å². The lowest BCUT2D eigenvalue weighted by Gasteiger charge is -2.19. The summed E-state index contributed by atoms with van der Waals surface area (Å²) in [6, 6.07) is 8.70. The zero-order valence-corrected chi connectivity index (χ0v) is 8.96. The summed E-state index contributed by atoms with van der Waals surface area (Å²) in [5.74, 6) is 0. The lowest BCUT2D eigenvalue weighted by molar-refractivity contribution is 0.817. The fourth-order valence-electron chi connectivity index (χ4n) is 1.29. The van der Waals surface area contributed by atoms with Gasteiger partial charge in [-0.3, -0.25) is 0 Å². The number of benzene rings is 1. The van der Waals surface area contributed by atoms with Gasteiger partial charge in [0.25, 0.3) is 0 Å². The normalized spacial score (nSPS) is 14.0. The second-order valence-electron chi connectivity index (χ2n) is 4.66. The van der Waals surface area contributed by atoms with E-state index in [1.54, 1.807) is 0 Å². The fraction of sp³-hybridized carbons (Fsp3) is 0.333. The zero-order chi connectivity index (χ0) is 10.1. The van der Waals surface area contributed by atoms with Crippen LogP contribution >= 0.6 is 0 Å². The van der Waals surface area contributed by atoms with Gasteiger partial charge in [0.15, 0.2) is 0 Å². The molecule has 0 spiro atoms. The van der Waals surface area contributed by atoms with Crippen molar-refractivity contribution in [3.63, 3.8) is 0 Å². The van der Waals surface area contributed by atoms with Gasteiger partial charge < -0.3 is 5.73 Å². The maximum Gasteiger partial charge on any atom is 0.0955 e. The lowest BCUT2D eigenvalue weighted by Crippen LogP contribution is -2.26. The van der Waals surface area contributed by atoms with Crippen molar-refractivity contribution in [2.45, 2.75) is 18.1 Å². The van der Waals surface area contributed by atoms with E-state index in [9.17, 15) is 0 Å². The van der Waals surface area contributed by atoms with Crippen LogP contribution < -0.4 is 5.73 Å². The first kappa shape index (κ1) is 10.5. The third-order valence-electron chi connectivity index (χ3n) is 2.30. The van der Waals surface area contributed by atoms with Crippen LogP contribution in [-0.2, 0) is 5.11 Å². The van der Waals surface area contributed by atoms with Gasteiger partial charge in [0.2, 0.25) is 0 Å². The van der Waals surface area contributed by atoms with E-state index in [0.29, 0.717) is 0 Å². The van der Waals surface area contributed by atoms with Crippen molar-refractivity contribution < 1.29 is 0 Å². The van der Waals surface area contributed by atoms with Gasteiger partial charge in [0, 0.05) is 6.04 Å². The largest absolute Gasteiger partial charge is 0.324 e. The van der Waals surface area contributed by atoms with Crippen molar-refractivity contribution in [2.75, 3.05) is 0 Å². The fourth-order valence-corrected chi connectivity index (χ4v) is 1.29. The molecule has 13 heavy (non-hydrogen) atoms. The number of rotatable bonds is 2. The molecule has 1 aromatic rings. The summed E-state index contributed by atoms with van der Waals surface area (Å²) < 4.78 is 0. The molecule has 1 nitrogen and oxygen atoms in total. The van der Waals surface area contributed by atoms with Crippen LogP contribution in [0.4, 0.5) is 0 Å². The van der Waals surface area contributed by atoms with Crippen molar-refractivity contribution >= 4 is 23.5 Å². The smallest absolute Gasteiger partial charge is 0.0955 e. The molecule has 1 aromatic carbocycles. The van der Waals surface area contributed by atoms with Gasteiger partial charge in [-0.2, -0.15) is 0 Å². The van der Waals surface area contributed by atoms with Crippen LogP contribution in [0.15, 0.2) is 24.3 Å². The van der Waals surface area contributed by atoms with E-state index in [2.05, 4.69) is 47.8 Å². The van der Waals surface area contributed by atoms with Crippen LogP contribution in [0.1, 0.15) is 24.1 Å². The van der Waals surface area contributed by atoms with E-state index in [4.69, 9.17) is 5.73 Å². The molecule has 0 saturated carbocycles. The molecule has 0 fully saturated rings. The highest BCUT2D eigenvalue weighted by Crippen LogP contribution is 2.16. The lowest BCUT2D eigenvalue weighted by atomic mass is 9.40. The number of hydrogen-bond acceptors (Lipinski definition) is 1. The Morgan fingerprint density at radius 1 is 1.15 bits per heavy atom. The van der Waals surface area contributed by atoms with Gasteiger partial charge in [0.1, 0.15) is 0 Å². The summed E-state index contributed by atoms with van der Waals surface area (Å²) in [7, 11) is 6.65. The Kier molecular flexibility index (Phi) is 2.92. The van der Waals surface area contributed by atoms with Crippen molar-refractivity contribution in [3.8, 4) is 0 Å². The van der Waals surface area contributed by atoms with Gasteiger partial charge in [-0.25, -0.2) is 0 Å². The Balaban J connectivity index is 2.94. The summed E-state index contributed by atoms with van der Waals surface area (Å²) >= 11 is 0. The minimum absolute atomic E-state index is 0.133. The second-order valence-corrected chi connectivity index (χ2v) is 4.66. The topological polar surface area (TPSA) is 26.0 Å². The third-order valence-corrected chi connectivity index (χ3v) is 2.30. The molecule has 0 aliphatic rings. The predicted octanol–water partition coefficient (Wildman–Crippen LogP) is -1.28. The molecular weight excluding hydrogens is 155 g/mol. The summed E-state index contributed by atoms with van der Waals surface area (Å²) in [4.78, 5) is 0. The molecule has 0 unspecified atom stereocenters. The quantitative estimate of drug-likeness (QED) is 0.550. The highest BCUT2D eigenvalue weighted by atomic mass is 14.6. The standard InChI is InChI=1S/C9H16B3N/c1-6(13)7-2-4-8(5-3-7)9(10,11)12/h2-6H,10-13H2,1H3/t6-/m0/s1. The molecule has 4 heteroatoms. The molecule has 66 valence electrons. The molecule has 1 atom stereocenters. The Morgan fingerprint density at radius 3 is 1.92 bits per heavy atom. The van der Waals surface area contributed by atoms with Crippen LogP contribution in [0, 0.1) is 0 Å². The van der Waals surface area contributed by atoms with E-state index >= 15 is 0 Å². The van der Waals surface area contributed by atoms with Gasteiger partial charge in [-0.1, -0.05) is 34.9 Å². The molecule has 2 N–H and O–H groups in total. The monoisotopic (exact) mass is 171 g/mol. The van der Waals surface area contributed by atoms with Gasteiger partial charge >= 0.3 is 0 Å².